The first-order valence-corrected chi connectivity index (χ1v) is 5.63. The van der Waals surface area contributed by atoms with E-state index in [1.807, 2.05) is 0 Å². The third-order valence-electron chi connectivity index (χ3n) is 2.89. The van der Waals surface area contributed by atoms with Crippen molar-refractivity contribution in [2.75, 3.05) is 26.8 Å². The molecule has 5 nitrogen and oxygen atoms in total. The van der Waals surface area contributed by atoms with E-state index in [9.17, 15) is 9.59 Å². The molecule has 0 bridgehead atoms. The fourth-order valence-electron chi connectivity index (χ4n) is 1.74. The number of carbonyl (C=O) groups excluding carboxylic acids is 1. The summed E-state index contributed by atoms with van der Waals surface area (Å²) in [5.41, 5.74) is 0. The number of hydrogen-bond donors (Lipinski definition) is 1. The van der Waals surface area contributed by atoms with Gasteiger partial charge in [0, 0.05) is 33.2 Å². The third-order valence-corrected chi connectivity index (χ3v) is 2.89. The van der Waals surface area contributed by atoms with Gasteiger partial charge in [-0.1, -0.05) is 0 Å². The van der Waals surface area contributed by atoms with Gasteiger partial charge in [-0.2, -0.15) is 0 Å². The van der Waals surface area contributed by atoms with Gasteiger partial charge in [0.1, 0.15) is 0 Å². The van der Waals surface area contributed by atoms with Crippen LogP contribution in [-0.2, 0) is 14.3 Å². The summed E-state index contributed by atoms with van der Waals surface area (Å²) in [5.74, 6) is -0.438. The van der Waals surface area contributed by atoms with Gasteiger partial charge in [0.25, 0.3) is 0 Å². The first-order chi connectivity index (χ1) is 7.59. The summed E-state index contributed by atoms with van der Waals surface area (Å²) >= 11 is 0. The fourth-order valence-corrected chi connectivity index (χ4v) is 1.74. The molecule has 0 aliphatic carbocycles. The molecule has 0 spiro atoms. The Hall–Kier alpha value is -1.10. The number of carbonyl (C=O) groups is 2. The molecule has 1 saturated heterocycles. The highest BCUT2D eigenvalue weighted by atomic mass is 16.5. The van der Waals surface area contributed by atoms with E-state index >= 15 is 0 Å². The van der Waals surface area contributed by atoms with Gasteiger partial charge in [-0.05, 0) is 18.8 Å². The standard InChI is InChI=1S/C11H19NO4/c1-12(5-2-11(14)15)10(13)8-9-3-6-16-7-4-9/h9H,2-8H2,1H3,(H,14,15). The van der Waals surface area contributed by atoms with Gasteiger partial charge in [-0.3, -0.25) is 9.59 Å². The molecular formula is C11H19NO4. The average Bonchev–Trinajstić information content (AvgIpc) is 2.27. The van der Waals surface area contributed by atoms with Crippen LogP contribution in [0.1, 0.15) is 25.7 Å². The molecule has 5 heteroatoms. The van der Waals surface area contributed by atoms with Crippen molar-refractivity contribution in [3.05, 3.63) is 0 Å². The molecule has 1 aliphatic rings. The van der Waals surface area contributed by atoms with Crippen LogP contribution >= 0.6 is 0 Å². The van der Waals surface area contributed by atoms with Crippen molar-refractivity contribution in [2.45, 2.75) is 25.7 Å². The van der Waals surface area contributed by atoms with E-state index in [1.165, 1.54) is 4.90 Å². The maximum absolute atomic E-state index is 11.7. The second-order valence-electron chi connectivity index (χ2n) is 4.22. The van der Waals surface area contributed by atoms with E-state index in [0.717, 1.165) is 26.1 Å². The molecule has 0 saturated carbocycles. The van der Waals surface area contributed by atoms with E-state index in [-0.39, 0.29) is 18.9 Å². The molecule has 1 rings (SSSR count). The summed E-state index contributed by atoms with van der Waals surface area (Å²) in [5, 5.41) is 8.51. The molecule has 0 aromatic heterocycles. The topological polar surface area (TPSA) is 66.8 Å². The van der Waals surface area contributed by atoms with Crippen LogP contribution in [0.2, 0.25) is 0 Å². The van der Waals surface area contributed by atoms with E-state index in [0.29, 0.717) is 12.3 Å². The van der Waals surface area contributed by atoms with Crippen molar-refractivity contribution in [3.63, 3.8) is 0 Å². The lowest BCUT2D eigenvalue weighted by atomic mass is 9.96. The Kier molecular flexibility index (Phi) is 5.25. The average molecular weight is 229 g/mol. The Balaban J connectivity index is 2.24. The quantitative estimate of drug-likeness (QED) is 0.755. The van der Waals surface area contributed by atoms with Crippen molar-refractivity contribution in [3.8, 4) is 0 Å². The van der Waals surface area contributed by atoms with Gasteiger partial charge >= 0.3 is 5.97 Å². The van der Waals surface area contributed by atoms with E-state index in [4.69, 9.17) is 9.84 Å². The zero-order valence-corrected chi connectivity index (χ0v) is 9.65. The zero-order valence-electron chi connectivity index (χ0n) is 9.65. The number of ether oxygens (including phenoxy) is 1. The molecule has 0 radical (unpaired) electrons. The molecule has 1 heterocycles. The number of rotatable bonds is 5. The summed E-state index contributed by atoms with van der Waals surface area (Å²) in [6.07, 6.45) is 2.38. The minimum absolute atomic E-state index is 0.00994. The number of aliphatic carboxylic acids is 1. The Morgan fingerprint density at radius 1 is 1.38 bits per heavy atom. The largest absolute Gasteiger partial charge is 0.481 e. The molecule has 0 unspecified atom stereocenters. The third kappa shape index (κ3) is 4.61. The zero-order chi connectivity index (χ0) is 12.0. The molecule has 0 aromatic rings. The highest BCUT2D eigenvalue weighted by Gasteiger charge is 2.19. The fraction of sp³-hybridized carbons (Fsp3) is 0.818. The lowest BCUT2D eigenvalue weighted by molar-refractivity contribution is -0.138. The van der Waals surface area contributed by atoms with E-state index in [2.05, 4.69) is 0 Å². The molecule has 1 aliphatic heterocycles. The second-order valence-corrected chi connectivity index (χ2v) is 4.22. The number of carboxylic acids is 1. The Morgan fingerprint density at radius 2 is 2.00 bits per heavy atom. The monoisotopic (exact) mass is 229 g/mol. The van der Waals surface area contributed by atoms with Crippen LogP contribution in [0.3, 0.4) is 0 Å². The van der Waals surface area contributed by atoms with Crippen molar-refractivity contribution < 1.29 is 19.4 Å². The van der Waals surface area contributed by atoms with E-state index < -0.39 is 5.97 Å². The molecular weight excluding hydrogens is 210 g/mol. The first-order valence-electron chi connectivity index (χ1n) is 5.63. The maximum Gasteiger partial charge on any atom is 0.305 e. The lowest BCUT2D eigenvalue weighted by Crippen LogP contribution is -2.31. The minimum Gasteiger partial charge on any atom is -0.481 e. The second kappa shape index (κ2) is 6.48. The molecule has 16 heavy (non-hydrogen) atoms. The normalized spacial score (nSPS) is 17.1. The van der Waals surface area contributed by atoms with Crippen LogP contribution in [0.25, 0.3) is 0 Å². The smallest absolute Gasteiger partial charge is 0.305 e. The predicted molar refractivity (Wildman–Crippen MR) is 58.0 cm³/mol. The van der Waals surface area contributed by atoms with Crippen molar-refractivity contribution in [1.29, 1.82) is 0 Å². The van der Waals surface area contributed by atoms with Gasteiger partial charge in [0.05, 0.1) is 6.42 Å². The minimum atomic E-state index is -0.870. The summed E-state index contributed by atoms with van der Waals surface area (Å²) in [7, 11) is 1.66. The summed E-state index contributed by atoms with van der Waals surface area (Å²) < 4.78 is 5.22. The molecule has 1 fully saturated rings. The first kappa shape index (κ1) is 13.0. The Labute approximate surface area is 95.4 Å². The van der Waals surface area contributed by atoms with Gasteiger partial charge in [0.15, 0.2) is 0 Å². The summed E-state index contributed by atoms with van der Waals surface area (Å²) in [6.45, 7) is 1.75. The number of nitrogens with zero attached hydrogens (tertiary/aromatic N) is 1. The highest BCUT2D eigenvalue weighted by molar-refractivity contribution is 5.77. The predicted octanol–water partition coefficient (Wildman–Crippen LogP) is 0.736. The van der Waals surface area contributed by atoms with Crippen molar-refractivity contribution in [2.24, 2.45) is 5.92 Å². The molecule has 1 amide bonds. The van der Waals surface area contributed by atoms with Crippen molar-refractivity contribution >= 4 is 11.9 Å². The maximum atomic E-state index is 11.7. The number of amides is 1. The molecule has 0 atom stereocenters. The molecule has 1 N–H and O–H groups in total. The van der Waals surface area contributed by atoms with Gasteiger partial charge in [-0.15, -0.1) is 0 Å². The molecule has 92 valence electrons. The summed E-state index contributed by atoms with van der Waals surface area (Å²) in [4.78, 5) is 23.6. The molecule has 0 aromatic carbocycles. The van der Waals surface area contributed by atoms with E-state index in [1.54, 1.807) is 7.05 Å². The SMILES string of the molecule is CN(CCC(=O)O)C(=O)CC1CCOCC1. The van der Waals surface area contributed by atoms with Crippen LogP contribution in [-0.4, -0.2) is 48.7 Å². The van der Waals surface area contributed by atoms with Crippen LogP contribution in [0.4, 0.5) is 0 Å². The van der Waals surface area contributed by atoms with Gasteiger partial charge in [0.2, 0.25) is 5.91 Å². The van der Waals surface area contributed by atoms with Gasteiger partial charge < -0.3 is 14.7 Å². The highest BCUT2D eigenvalue weighted by Crippen LogP contribution is 2.19. The van der Waals surface area contributed by atoms with Crippen LogP contribution in [0, 0.1) is 5.92 Å². The number of carboxylic acid groups (broad SMARTS) is 1. The van der Waals surface area contributed by atoms with Crippen LogP contribution in [0.15, 0.2) is 0 Å². The van der Waals surface area contributed by atoms with Crippen LogP contribution < -0.4 is 0 Å². The van der Waals surface area contributed by atoms with Gasteiger partial charge in [-0.25, -0.2) is 0 Å². The van der Waals surface area contributed by atoms with Crippen molar-refractivity contribution in [1.82, 2.24) is 4.90 Å². The lowest BCUT2D eigenvalue weighted by Gasteiger charge is -2.24. The number of hydrogen-bond acceptors (Lipinski definition) is 3. The summed E-state index contributed by atoms with van der Waals surface area (Å²) in [6, 6.07) is 0. The van der Waals surface area contributed by atoms with Crippen LogP contribution in [0.5, 0.6) is 0 Å². The Morgan fingerprint density at radius 3 is 2.56 bits per heavy atom. The Bertz CT molecular complexity index is 248.